The molecule has 1 aromatic heterocycles. The van der Waals surface area contributed by atoms with E-state index in [4.69, 9.17) is 0 Å². The maximum atomic E-state index is 9.30. The van der Waals surface area contributed by atoms with Crippen LogP contribution in [0.15, 0.2) is 30.7 Å². The Bertz CT molecular complexity index is 544. The molecular weight excluding hydrogens is 215 g/mol. The summed E-state index contributed by atoms with van der Waals surface area (Å²) in [5.74, 6) is 0. The zero-order chi connectivity index (χ0) is 12.4. The van der Waals surface area contributed by atoms with Crippen LogP contribution >= 0.6 is 0 Å². The second kappa shape index (κ2) is 4.65. The van der Waals surface area contributed by atoms with Gasteiger partial charge in [0.25, 0.3) is 0 Å². The van der Waals surface area contributed by atoms with Crippen molar-refractivity contribution >= 4 is 12.6 Å². The molecule has 5 heteroatoms. The van der Waals surface area contributed by atoms with Crippen LogP contribution in [0.3, 0.4) is 0 Å². The lowest BCUT2D eigenvalue weighted by atomic mass is 9.78. The van der Waals surface area contributed by atoms with E-state index in [1.54, 1.807) is 0 Å². The lowest BCUT2D eigenvalue weighted by molar-refractivity contribution is 0.425. The molecule has 0 atom stereocenters. The molecule has 0 aliphatic carbocycles. The third-order valence-electron chi connectivity index (χ3n) is 2.67. The van der Waals surface area contributed by atoms with Gasteiger partial charge in [0.1, 0.15) is 6.33 Å². The predicted molar refractivity (Wildman–Crippen MR) is 66.8 cm³/mol. The molecule has 2 aromatic rings. The molecule has 17 heavy (non-hydrogen) atoms. The molecule has 1 heterocycles. The van der Waals surface area contributed by atoms with Crippen molar-refractivity contribution in [3.05, 3.63) is 41.9 Å². The van der Waals surface area contributed by atoms with Crippen molar-refractivity contribution in [1.29, 1.82) is 0 Å². The number of nitrogens with zero attached hydrogens (tertiary/aromatic N) is 2. The van der Waals surface area contributed by atoms with Crippen LogP contribution in [0, 0.1) is 13.8 Å². The summed E-state index contributed by atoms with van der Waals surface area (Å²) >= 11 is 0. The van der Waals surface area contributed by atoms with Crippen LogP contribution in [-0.4, -0.2) is 27.1 Å². The summed E-state index contributed by atoms with van der Waals surface area (Å²) < 4.78 is 0. The molecule has 0 fully saturated rings. The van der Waals surface area contributed by atoms with E-state index in [0.717, 1.165) is 16.7 Å². The molecule has 0 unspecified atom stereocenters. The highest BCUT2D eigenvalue weighted by molar-refractivity contribution is 6.60. The summed E-state index contributed by atoms with van der Waals surface area (Å²) in [5.41, 5.74) is 3.92. The van der Waals surface area contributed by atoms with E-state index >= 15 is 0 Å². The van der Waals surface area contributed by atoms with E-state index in [9.17, 15) is 10.0 Å². The maximum Gasteiger partial charge on any atom is 0.492 e. The first-order chi connectivity index (χ1) is 8.09. The summed E-state index contributed by atoms with van der Waals surface area (Å²) in [6.07, 6.45) is 2.83. The van der Waals surface area contributed by atoms with Gasteiger partial charge in [-0.3, -0.25) is 0 Å². The van der Waals surface area contributed by atoms with Crippen LogP contribution < -0.4 is 5.46 Å². The number of rotatable bonds is 2. The van der Waals surface area contributed by atoms with E-state index in [2.05, 4.69) is 9.97 Å². The molecule has 2 rings (SSSR count). The molecule has 1 aromatic carbocycles. The molecule has 0 aliphatic heterocycles. The van der Waals surface area contributed by atoms with Gasteiger partial charge in [0.2, 0.25) is 0 Å². The van der Waals surface area contributed by atoms with Gasteiger partial charge in [-0.05, 0) is 25.5 Å². The lowest BCUT2D eigenvalue weighted by Gasteiger charge is -2.10. The fourth-order valence-corrected chi connectivity index (χ4v) is 1.75. The van der Waals surface area contributed by atoms with E-state index in [1.165, 1.54) is 12.5 Å². The largest absolute Gasteiger partial charge is 0.492 e. The lowest BCUT2D eigenvalue weighted by Crippen LogP contribution is -2.32. The standard InChI is InChI=1S/C12H13BN2O2/c1-8-3-4-9(2)10(5-8)12-11(13(16)17)6-14-7-15-12/h3-7,16-17H,1-2H3. The fourth-order valence-electron chi connectivity index (χ4n) is 1.75. The Morgan fingerprint density at radius 2 is 1.94 bits per heavy atom. The van der Waals surface area contributed by atoms with Gasteiger partial charge in [0.05, 0.1) is 5.69 Å². The van der Waals surface area contributed by atoms with Gasteiger partial charge in [-0.1, -0.05) is 17.7 Å². The summed E-state index contributed by atoms with van der Waals surface area (Å²) in [6, 6.07) is 5.97. The van der Waals surface area contributed by atoms with Gasteiger partial charge in [-0.2, -0.15) is 0 Å². The van der Waals surface area contributed by atoms with Crippen molar-refractivity contribution in [3.63, 3.8) is 0 Å². The van der Waals surface area contributed by atoms with Gasteiger partial charge >= 0.3 is 7.12 Å². The second-order valence-corrected chi connectivity index (χ2v) is 4.02. The highest BCUT2D eigenvalue weighted by Crippen LogP contribution is 2.20. The highest BCUT2D eigenvalue weighted by atomic mass is 16.4. The zero-order valence-electron chi connectivity index (χ0n) is 9.75. The highest BCUT2D eigenvalue weighted by Gasteiger charge is 2.19. The Kier molecular flexibility index (Phi) is 3.22. The topological polar surface area (TPSA) is 66.2 Å². The van der Waals surface area contributed by atoms with Gasteiger partial charge in [-0.15, -0.1) is 0 Å². The minimum absolute atomic E-state index is 0.321. The van der Waals surface area contributed by atoms with E-state index in [0.29, 0.717) is 11.2 Å². The van der Waals surface area contributed by atoms with Crippen LogP contribution in [0.4, 0.5) is 0 Å². The molecular formula is C12H13BN2O2. The van der Waals surface area contributed by atoms with E-state index < -0.39 is 7.12 Å². The van der Waals surface area contributed by atoms with Crippen molar-refractivity contribution in [2.24, 2.45) is 0 Å². The Hall–Kier alpha value is -1.72. The number of hydrogen-bond acceptors (Lipinski definition) is 4. The number of benzene rings is 1. The van der Waals surface area contributed by atoms with Crippen molar-refractivity contribution in [2.75, 3.05) is 0 Å². The number of aryl methyl sites for hydroxylation is 2. The van der Waals surface area contributed by atoms with Crippen LogP contribution in [-0.2, 0) is 0 Å². The van der Waals surface area contributed by atoms with Gasteiger partial charge in [0, 0.05) is 17.2 Å². The first-order valence-electron chi connectivity index (χ1n) is 5.33. The summed E-state index contributed by atoms with van der Waals surface area (Å²) in [7, 11) is -1.56. The minimum Gasteiger partial charge on any atom is -0.423 e. The van der Waals surface area contributed by atoms with Crippen LogP contribution in [0.25, 0.3) is 11.3 Å². The molecule has 0 bridgehead atoms. The summed E-state index contributed by atoms with van der Waals surface area (Å²) in [6.45, 7) is 3.95. The molecule has 2 N–H and O–H groups in total. The molecule has 4 nitrogen and oxygen atoms in total. The minimum atomic E-state index is -1.56. The Balaban J connectivity index is 2.64. The van der Waals surface area contributed by atoms with Crippen molar-refractivity contribution in [2.45, 2.75) is 13.8 Å². The third kappa shape index (κ3) is 2.35. The molecule has 86 valence electrons. The average molecular weight is 228 g/mol. The normalized spacial score (nSPS) is 10.4. The monoisotopic (exact) mass is 228 g/mol. The Labute approximate surface area is 100 Å². The molecule has 0 saturated heterocycles. The SMILES string of the molecule is Cc1ccc(C)c(-c2ncncc2B(O)O)c1. The average Bonchev–Trinajstić information content (AvgIpc) is 2.32. The summed E-state index contributed by atoms with van der Waals surface area (Å²) in [4.78, 5) is 7.95. The molecule has 0 saturated carbocycles. The first-order valence-corrected chi connectivity index (χ1v) is 5.33. The molecule has 0 aliphatic rings. The van der Waals surface area contributed by atoms with E-state index in [1.807, 2.05) is 32.0 Å². The fraction of sp³-hybridized carbons (Fsp3) is 0.167. The van der Waals surface area contributed by atoms with Gasteiger partial charge in [-0.25, -0.2) is 9.97 Å². The smallest absolute Gasteiger partial charge is 0.423 e. The van der Waals surface area contributed by atoms with Crippen LogP contribution in [0.5, 0.6) is 0 Å². The van der Waals surface area contributed by atoms with Crippen molar-refractivity contribution in [3.8, 4) is 11.3 Å². The van der Waals surface area contributed by atoms with E-state index in [-0.39, 0.29) is 0 Å². The van der Waals surface area contributed by atoms with Crippen LogP contribution in [0.2, 0.25) is 0 Å². The first kappa shape index (κ1) is 11.8. The van der Waals surface area contributed by atoms with Gasteiger partial charge < -0.3 is 10.0 Å². The molecule has 0 spiro atoms. The zero-order valence-corrected chi connectivity index (χ0v) is 9.75. The Morgan fingerprint density at radius 1 is 1.18 bits per heavy atom. The molecule has 0 amide bonds. The Morgan fingerprint density at radius 3 is 2.65 bits per heavy atom. The summed E-state index contributed by atoms with van der Waals surface area (Å²) in [5, 5.41) is 18.6. The number of hydrogen-bond donors (Lipinski definition) is 2. The van der Waals surface area contributed by atoms with Crippen molar-refractivity contribution < 1.29 is 10.0 Å². The second-order valence-electron chi connectivity index (χ2n) is 4.02. The predicted octanol–water partition coefficient (Wildman–Crippen LogP) is 0.440. The quantitative estimate of drug-likeness (QED) is 0.732. The van der Waals surface area contributed by atoms with Crippen molar-refractivity contribution in [1.82, 2.24) is 9.97 Å². The third-order valence-corrected chi connectivity index (χ3v) is 2.67. The maximum absolute atomic E-state index is 9.30. The van der Waals surface area contributed by atoms with Crippen LogP contribution in [0.1, 0.15) is 11.1 Å². The van der Waals surface area contributed by atoms with Gasteiger partial charge in [0.15, 0.2) is 0 Å². The molecule has 0 radical (unpaired) electrons. The number of aromatic nitrogens is 2.